The molecular formula is C22H24NO+. The van der Waals surface area contributed by atoms with Gasteiger partial charge in [-0.25, -0.2) is 0 Å². The second kappa shape index (κ2) is 6.66. The van der Waals surface area contributed by atoms with Crippen LogP contribution in [0.2, 0.25) is 0 Å². The van der Waals surface area contributed by atoms with Gasteiger partial charge in [0.25, 0.3) is 0 Å². The van der Waals surface area contributed by atoms with E-state index in [1.54, 1.807) is 4.90 Å². The van der Waals surface area contributed by atoms with Crippen molar-refractivity contribution in [1.29, 1.82) is 0 Å². The van der Waals surface area contributed by atoms with Gasteiger partial charge < -0.3 is 10.0 Å². The van der Waals surface area contributed by atoms with Crippen LogP contribution in [0.15, 0.2) is 66.7 Å². The Morgan fingerprint density at radius 3 is 2.25 bits per heavy atom. The summed E-state index contributed by atoms with van der Waals surface area (Å²) in [6.45, 7) is 2.34. The lowest BCUT2D eigenvalue weighted by molar-refractivity contribution is -0.930. The summed E-state index contributed by atoms with van der Waals surface area (Å²) in [4.78, 5) is 1.57. The Morgan fingerprint density at radius 2 is 1.46 bits per heavy atom. The predicted octanol–water partition coefficient (Wildman–Crippen LogP) is 3.70. The zero-order valence-electron chi connectivity index (χ0n) is 13.9. The van der Waals surface area contributed by atoms with Gasteiger partial charge in [0.05, 0.1) is 18.7 Å². The summed E-state index contributed by atoms with van der Waals surface area (Å²) in [5.74, 6) is 0.417. The van der Waals surface area contributed by atoms with Crippen LogP contribution in [0.1, 0.15) is 36.4 Å². The van der Waals surface area contributed by atoms with Gasteiger partial charge in [-0.1, -0.05) is 60.7 Å². The molecule has 1 saturated heterocycles. The Morgan fingerprint density at radius 1 is 0.750 bits per heavy atom. The fourth-order valence-corrected chi connectivity index (χ4v) is 4.13. The minimum Gasteiger partial charge on any atom is -0.507 e. The molecule has 1 fully saturated rings. The average molecular weight is 318 g/mol. The van der Waals surface area contributed by atoms with Crippen LogP contribution in [-0.2, 0) is 0 Å². The van der Waals surface area contributed by atoms with E-state index in [0.717, 1.165) is 5.56 Å². The van der Waals surface area contributed by atoms with E-state index >= 15 is 0 Å². The maximum atomic E-state index is 10.8. The lowest BCUT2D eigenvalue weighted by Gasteiger charge is -2.33. The molecule has 1 atom stereocenters. The number of quaternary nitrogens is 1. The van der Waals surface area contributed by atoms with E-state index in [9.17, 15) is 5.11 Å². The lowest BCUT2D eigenvalue weighted by Crippen LogP contribution is -3.13. The first-order valence-electron chi connectivity index (χ1n) is 8.95. The first kappa shape index (κ1) is 15.2. The van der Waals surface area contributed by atoms with Crippen molar-refractivity contribution in [3.8, 4) is 5.75 Å². The summed E-state index contributed by atoms with van der Waals surface area (Å²) in [5, 5.41) is 13.1. The third kappa shape index (κ3) is 2.78. The summed E-state index contributed by atoms with van der Waals surface area (Å²) in [5.41, 5.74) is 2.37. The molecule has 0 amide bonds. The molecule has 2 heteroatoms. The molecule has 0 saturated carbocycles. The average Bonchev–Trinajstić information content (AvgIpc) is 2.66. The van der Waals surface area contributed by atoms with Crippen molar-refractivity contribution in [2.45, 2.75) is 25.3 Å². The van der Waals surface area contributed by atoms with E-state index in [1.165, 1.54) is 48.7 Å². The molecule has 0 aromatic heterocycles. The Hall–Kier alpha value is -2.32. The predicted molar refractivity (Wildman–Crippen MR) is 98.4 cm³/mol. The number of fused-ring (bicyclic) bond motifs is 1. The zero-order valence-corrected chi connectivity index (χ0v) is 13.9. The maximum Gasteiger partial charge on any atom is 0.143 e. The van der Waals surface area contributed by atoms with Crippen LogP contribution in [0.3, 0.4) is 0 Å². The number of aromatic hydroxyl groups is 1. The number of hydrogen-bond acceptors (Lipinski definition) is 1. The normalized spacial score (nSPS) is 17.0. The molecule has 4 rings (SSSR count). The smallest absolute Gasteiger partial charge is 0.143 e. The van der Waals surface area contributed by atoms with E-state index in [0.29, 0.717) is 5.75 Å². The summed E-state index contributed by atoms with van der Waals surface area (Å²) < 4.78 is 0. The third-order valence-corrected chi connectivity index (χ3v) is 5.27. The van der Waals surface area contributed by atoms with Crippen molar-refractivity contribution < 1.29 is 10.0 Å². The second-order valence-corrected chi connectivity index (χ2v) is 6.78. The number of benzene rings is 3. The minimum atomic E-state index is 0.192. The molecule has 0 radical (unpaired) electrons. The van der Waals surface area contributed by atoms with Crippen molar-refractivity contribution in [3.63, 3.8) is 0 Å². The second-order valence-electron chi connectivity index (χ2n) is 6.78. The number of phenolic OH excluding ortho intramolecular Hbond substituents is 1. The first-order chi connectivity index (χ1) is 11.8. The monoisotopic (exact) mass is 318 g/mol. The number of piperidine rings is 1. The summed E-state index contributed by atoms with van der Waals surface area (Å²) in [6, 6.07) is 23.2. The quantitative estimate of drug-likeness (QED) is 0.756. The molecule has 24 heavy (non-hydrogen) atoms. The molecule has 1 aliphatic heterocycles. The van der Waals surface area contributed by atoms with E-state index in [4.69, 9.17) is 0 Å². The van der Waals surface area contributed by atoms with Crippen LogP contribution in [0, 0.1) is 0 Å². The van der Waals surface area contributed by atoms with Gasteiger partial charge >= 0.3 is 0 Å². The van der Waals surface area contributed by atoms with Crippen LogP contribution in [0.25, 0.3) is 10.8 Å². The van der Waals surface area contributed by atoms with Gasteiger partial charge in [-0.3, -0.25) is 0 Å². The summed E-state index contributed by atoms with van der Waals surface area (Å²) in [6.07, 6.45) is 3.86. The number of nitrogens with one attached hydrogen (secondary N) is 1. The van der Waals surface area contributed by atoms with E-state index < -0.39 is 0 Å². The number of hydrogen-bond donors (Lipinski definition) is 2. The van der Waals surface area contributed by atoms with Crippen molar-refractivity contribution in [2.24, 2.45) is 0 Å². The van der Waals surface area contributed by atoms with Gasteiger partial charge in [0.1, 0.15) is 11.8 Å². The molecule has 1 aliphatic rings. The van der Waals surface area contributed by atoms with Crippen molar-refractivity contribution >= 4 is 10.8 Å². The molecule has 0 aliphatic carbocycles. The van der Waals surface area contributed by atoms with Gasteiger partial charge in [0.2, 0.25) is 0 Å². The third-order valence-electron chi connectivity index (χ3n) is 5.27. The van der Waals surface area contributed by atoms with E-state index in [-0.39, 0.29) is 6.04 Å². The van der Waals surface area contributed by atoms with Gasteiger partial charge in [-0.05, 0) is 36.1 Å². The Bertz CT molecular complexity index is 822. The Balaban J connectivity index is 1.92. The first-order valence-corrected chi connectivity index (χ1v) is 8.95. The highest BCUT2D eigenvalue weighted by Crippen LogP contribution is 2.34. The minimum absolute atomic E-state index is 0.192. The molecule has 2 nitrogen and oxygen atoms in total. The van der Waals surface area contributed by atoms with Gasteiger partial charge in [-0.15, -0.1) is 0 Å². The number of phenols is 1. The molecule has 1 heterocycles. The van der Waals surface area contributed by atoms with Gasteiger partial charge in [0, 0.05) is 5.56 Å². The molecular weight excluding hydrogens is 294 g/mol. The van der Waals surface area contributed by atoms with Crippen molar-refractivity contribution in [3.05, 3.63) is 77.9 Å². The molecule has 2 N–H and O–H groups in total. The number of rotatable bonds is 3. The topological polar surface area (TPSA) is 24.7 Å². The lowest BCUT2D eigenvalue weighted by atomic mass is 9.90. The molecule has 122 valence electrons. The summed E-state index contributed by atoms with van der Waals surface area (Å²) >= 11 is 0. The van der Waals surface area contributed by atoms with Crippen LogP contribution in [0.4, 0.5) is 0 Å². The van der Waals surface area contributed by atoms with E-state index in [2.05, 4.69) is 54.6 Å². The van der Waals surface area contributed by atoms with Gasteiger partial charge in [0.15, 0.2) is 0 Å². The highest BCUT2D eigenvalue weighted by molar-refractivity contribution is 5.88. The molecule has 3 aromatic carbocycles. The fraction of sp³-hybridized carbons (Fsp3) is 0.273. The van der Waals surface area contributed by atoms with Crippen molar-refractivity contribution in [2.75, 3.05) is 13.1 Å². The SMILES string of the molecule is Oc1ccc2ccccc2c1C(c1ccccc1)[NH+]1CCCCC1. The molecule has 3 aromatic rings. The number of likely N-dealkylation sites (tertiary alicyclic amines) is 1. The Kier molecular flexibility index (Phi) is 4.22. The van der Waals surface area contributed by atoms with E-state index in [1.807, 2.05) is 12.1 Å². The fourth-order valence-electron chi connectivity index (χ4n) is 4.13. The molecule has 0 spiro atoms. The maximum absolute atomic E-state index is 10.8. The van der Waals surface area contributed by atoms with Crippen LogP contribution in [-0.4, -0.2) is 18.2 Å². The molecule has 1 unspecified atom stereocenters. The largest absolute Gasteiger partial charge is 0.507 e. The highest BCUT2D eigenvalue weighted by atomic mass is 16.3. The zero-order chi connectivity index (χ0) is 16.4. The standard InChI is InChI=1S/C22H23NO/c24-20-14-13-17-9-5-6-12-19(17)21(20)22(18-10-3-1-4-11-18)23-15-7-2-8-16-23/h1,3-6,9-14,22,24H,2,7-8,15-16H2/p+1. The van der Waals surface area contributed by atoms with Crippen LogP contribution >= 0.6 is 0 Å². The molecule has 0 bridgehead atoms. The van der Waals surface area contributed by atoms with Crippen LogP contribution < -0.4 is 4.90 Å². The Labute approximate surface area is 143 Å². The highest BCUT2D eigenvalue weighted by Gasteiger charge is 2.31. The van der Waals surface area contributed by atoms with Gasteiger partial charge in [-0.2, -0.15) is 0 Å². The summed E-state index contributed by atoms with van der Waals surface area (Å²) in [7, 11) is 0. The van der Waals surface area contributed by atoms with Crippen LogP contribution in [0.5, 0.6) is 5.75 Å². The van der Waals surface area contributed by atoms with Crippen molar-refractivity contribution in [1.82, 2.24) is 0 Å².